The van der Waals surface area contributed by atoms with Crippen LogP contribution < -0.4 is 0 Å². The summed E-state index contributed by atoms with van der Waals surface area (Å²) >= 11 is 0. The lowest BCUT2D eigenvalue weighted by Crippen LogP contribution is -2.30. The number of carbonyl (C=O) groups is 3. The molecule has 0 saturated carbocycles. The minimum Gasteiger partial charge on any atom is -0.462 e. The minimum atomic E-state index is -0.772. The SMILES string of the molecule is CC/C=C\C/C=C\C/C=C\C/C=C\C/C=C\C/C=C\CCCCCCCCCCC(=O)OCC(COC(=O)CCCCCCCC)OC(=O)CCCCCCCCCCCCCCCC. The summed E-state index contributed by atoms with van der Waals surface area (Å²) in [5.41, 5.74) is 0. The molecule has 1 unspecified atom stereocenters. The van der Waals surface area contributed by atoms with Crippen LogP contribution in [0.4, 0.5) is 0 Å². The lowest BCUT2D eigenvalue weighted by molar-refractivity contribution is -0.167. The number of rotatable bonds is 49. The maximum Gasteiger partial charge on any atom is 0.306 e. The first-order valence-corrected chi connectivity index (χ1v) is 27.4. The molecule has 0 aliphatic carbocycles. The molecule has 0 N–H and O–H groups in total. The Kier molecular flexibility index (Phi) is 50.9. The van der Waals surface area contributed by atoms with E-state index in [4.69, 9.17) is 14.2 Å². The second-order valence-corrected chi connectivity index (χ2v) is 18.1. The molecule has 0 heterocycles. The molecule has 0 aliphatic heterocycles. The first kappa shape index (κ1) is 61.9. The monoisotopic (exact) mass is 907 g/mol. The van der Waals surface area contributed by atoms with Gasteiger partial charge in [0.2, 0.25) is 0 Å². The van der Waals surface area contributed by atoms with E-state index in [0.29, 0.717) is 19.3 Å². The lowest BCUT2D eigenvalue weighted by Gasteiger charge is -2.18. The first-order chi connectivity index (χ1) is 32.0. The average molecular weight is 907 g/mol. The number of carbonyl (C=O) groups excluding carboxylic acids is 3. The van der Waals surface area contributed by atoms with Crippen LogP contribution >= 0.6 is 0 Å². The number of allylic oxidation sites excluding steroid dienone is 12. The highest BCUT2D eigenvalue weighted by Gasteiger charge is 2.19. The van der Waals surface area contributed by atoms with Crippen LogP contribution in [0, 0.1) is 0 Å². The van der Waals surface area contributed by atoms with Crippen molar-refractivity contribution in [3.63, 3.8) is 0 Å². The standard InChI is InChI=1S/C59H102O6/c1-4-7-10-13-16-18-20-22-24-25-26-27-28-29-30-31-32-33-34-35-36-38-39-41-43-46-49-52-58(61)64-55-56(54-63-57(60)51-48-45-15-12-9-6-3)65-59(62)53-50-47-44-42-40-37-23-21-19-17-14-11-8-5-2/h7,10,16,18,22,24,26-27,29-30,32-33,56H,4-6,8-9,11-15,17,19-21,23,25,28,31,34-55H2,1-3H3/b10-7-,18-16-,24-22-,27-26-,30-29-,33-32-. The molecule has 0 rings (SSSR count). The van der Waals surface area contributed by atoms with Crippen LogP contribution in [0.2, 0.25) is 0 Å². The van der Waals surface area contributed by atoms with Crippen LogP contribution in [-0.4, -0.2) is 37.2 Å². The van der Waals surface area contributed by atoms with E-state index in [0.717, 1.165) is 103 Å². The molecule has 0 aliphatic rings. The van der Waals surface area contributed by atoms with Gasteiger partial charge in [0, 0.05) is 19.3 Å². The smallest absolute Gasteiger partial charge is 0.306 e. The maximum atomic E-state index is 12.7. The summed E-state index contributed by atoms with van der Waals surface area (Å²) in [5, 5.41) is 0. The van der Waals surface area contributed by atoms with E-state index in [9.17, 15) is 14.4 Å². The van der Waals surface area contributed by atoms with E-state index in [1.165, 1.54) is 122 Å². The van der Waals surface area contributed by atoms with E-state index < -0.39 is 6.10 Å². The third-order valence-corrected chi connectivity index (χ3v) is 11.7. The van der Waals surface area contributed by atoms with Gasteiger partial charge in [-0.15, -0.1) is 0 Å². The van der Waals surface area contributed by atoms with Crippen LogP contribution in [0.25, 0.3) is 0 Å². The van der Waals surface area contributed by atoms with E-state index in [1.807, 2.05) is 0 Å². The molecule has 6 heteroatoms. The molecule has 0 radical (unpaired) electrons. The number of unbranched alkanes of at least 4 members (excludes halogenated alkanes) is 26. The van der Waals surface area contributed by atoms with Crippen LogP contribution in [0.5, 0.6) is 0 Å². The summed E-state index contributed by atoms with van der Waals surface area (Å²) in [6.45, 7) is 6.47. The molecule has 0 aromatic rings. The highest BCUT2D eigenvalue weighted by atomic mass is 16.6. The third kappa shape index (κ3) is 51.7. The summed E-state index contributed by atoms with van der Waals surface area (Å²) in [5.74, 6) is -0.888. The van der Waals surface area contributed by atoms with E-state index in [-0.39, 0.29) is 31.1 Å². The zero-order chi connectivity index (χ0) is 47.2. The Morgan fingerprint density at radius 1 is 0.323 bits per heavy atom. The summed E-state index contributed by atoms with van der Waals surface area (Å²) < 4.78 is 16.7. The predicted octanol–water partition coefficient (Wildman–Crippen LogP) is 18.2. The Balaban J connectivity index is 4.14. The van der Waals surface area contributed by atoms with Crippen molar-refractivity contribution in [1.29, 1.82) is 0 Å². The molecule has 0 fully saturated rings. The minimum absolute atomic E-state index is 0.0756. The number of hydrogen-bond donors (Lipinski definition) is 0. The fraction of sp³-hybridized carbons (Fsp3) is 0.746. The molecule has 1 atom stereocenters. The Labute approximate surface area is 402 Å². The summed E-state index contributed by atoms with van der Waals surface area (Å²) in [6, 6.07) is 0. The maximum absolute atomic E-state index is 12.7. The fourth-order valence-corrected chi connectivity index (χ4v) is 7.62. The topological polar surface area (TPSA) is 78.9 Å². The Morgan fingerprint density at radius 2 is 0.600 bits per heavy atom. The molecule has 0 bridgehead atoms. The zero-order valence-corrected chi connectivity index (χ0v) is 42.7. The Bertz CT molecular complexity index is 1230. The highest BCUT2D eigenvalue weighted by Crippen LogP contribution is 2.15. The molecule has 0 aromatic carbocycles. The Morgan fingerprint density at radius 3 is 0.938 bits per heavy atom. The second kappa shape index (κ2) is 53.5. The molecule has 374 valence electrons. The third-order valence-electron chi connectivity index (χ3n) is 11.7. The molecule has 0 aromatic heterocycles. The molecule has 65 heavy (non-hydrogen) atoms. The van der Waals surface area contributed by atoms with Gasteiger partial charge in [-0.3, -0.25) is 14.4 Å². The number of hydrogen-bond acceptors (Lipinski definition) is 6. The van der Waals surface area contributed by atoms with Crippen molar-refractivity contribution in [3.8, 4) is 0 Å². The van der Waals surface area contributed by atoms with Gasteiger partial charge in [-0.2, -0.15) is 0 Å². The summed E-state index contributed by atoms with van der Waals surface area (Å²) in [4.78, 5) is 37.8. The van der Waals surface area contributed by atoms with Gasteiger partial charge in [0.1, 0.15) is 13.2 Å². The van der Waals surface area contributed by atoms with Crippen molar-refractivity contribution < 1.29 is 28.6 Å². The van der Waals surface area contributed by atoms with Crippen LogP contribution in [0.3, 0.4) is 0 Å². The summed E-state index contributed by atoms with van der Waals surface area (Å²) in [7, 11) is 0. The average Bonchev–Trinajstić information content (AvgIpc) is 3.30. The molecule has 0 amide bonds. The molecule has 6 nitrogen and oxygen atoms in total. The molecular formula is C59H102O6. The first-order valence-electron chi connectivity index (χ1n) is 27.4. The van der Waals surface area contributed by atoms with Crippen LogP contribution in [-0.2, 0) is 28.6 Å². The normalized spacial score (nSPS) is 12.6. The molecule has 0 spiro atoms. The largest absolute Gasteiger partial charge is 0.462 e. The van der Waals surface area contributed by atoms with Crippen LogP contribution in [0.1, 0.15) is 265 Å². The van der Waals surface area contributed by atoms with Crippen molar-refractivity contribution in [2.75, 3.05) is 13.2 Å². The number of esters is 3. The van der Waals surface area contributed by atoms with Crippen molar-refractivity contribution >= 4 is 17.9 Å². The van der Waals surface area contributed by atoms with Gasteiger partial charge in [0.05, 0.1) is 0 Å². The molecular weight excluding hydrogens is 805 g/mol. The van der Waals surface area contributed by atoms with E-state index in [2.05, 4.69) is 93.7 Å². The van der Waals surface area contributed by atoms with Crippen molar-refractivity contribution in [3.05, 3.63) is 72.9 Å². The lowest BCUT2D eigenvalue weighted by atomic mass is 10.0. The van der Waals surface area contributed by atoms with Crippen molar-refractivity contribution in [2.24, 2.45) is 0 Å². The molecule has 0 saturated heterocycles. The van der Waals surface area contributed by atoms with E-state index >= 15 is 0 Å². The van der Waals surface area contributed by atoms with Gasteiger partial charge >= 0.3 is 17.9 Å². The Hall–Kier alpha value is -3.15. The van der Waals surface area contributed by atoms with E-state index in [1.54, 1.807) is 0 Å². The quantitative estimate of drug-likeness (QED) is 0.0262. The predicted molar refractivity (Wildman–Crippen MR) is 279 cm³/mol. The van der Waals surface area contributed by atoms with Gasteiger partial charge in [0.25, 0.3) is 0 Å². The second-order valence-electron chi connectivity index (χ2n) is 18.1. The zero-order valence-electron chi connectivity index (χ0n) is 42.7. The van der Waals surface area contributed by atoms with Crippen molar-refractivity contribution in [2.45, 2.75) is 271 Å². The van der Waals surface area contributed by atoms with Crippen molar-refractivity contribution in [1.82, 2.24) is 0 Å². The van der Waals surface area contributed by atoms with Gasteiger partial charge in [0.15, 0.2) is 6.10 Å². The fourth-order valence-electron chi connectivity index (χ4n) is 7.62. The van der Waals surface area contributed by atoms with Gasteiger partial charge in [-0.05, 0) is 70.6 Å². The highest BCUT2D eigenvalue weighted by molar-refractivity contribution is 5.71. The number of ether oxygens (including phenoxy) is 3. The van der Waals surface area contributed by atoms with Gasteiger partial charge in [-0.1, -0.05) is 248 Å². The van der Waals surface area contributed by atoms with Crippen LogP contribution in [0.15, 0.2) is 72.9 Å². The van der Waals surface area contributed by atoms with Gasteiger partial charge < -0.3 is 14.2 Å². The van der Waals surface area contributed by atoms with Gasteiger partial charge in [-0.25, -0.2) is 0 Å². The summed E-state index contributed by atoms with van der Waals surface area (Å²) in [6.07, 6.45) is 67.8.